The highest BCUT2D eigenvalue weighted by Crippen LogP contribution is 2.30. The first-order valence-corrected chi connectivity index (χ1v) is 10.2. The van der Waals surface area contributed by atoms with Crippen molar-refractivity contribution in [3.05, 3.63) is 99.5 Å². The first-order valence-electron chi connectivity index (χ1n) is 9.45. The summed E-state index contributed by atoms with van der Waals surface area (Å²) in [5, 5.41) is 0. The van der Waals surface area contributed by atoms with E-state index in [1.54, 1.807) is 48.5 Å². The molecule has 1 aliphatic heterocycles. The van der Waals surface area contributed by atoms with Crippen LogP contribution in [-0.4, -0.2) is 29.7 Å². The van der Waals surface area contributed by atoms with Gasteiger partial charge in [-0.2, -0.15) is 0 Å². The van der Waals surface area contributed by atoms with Gasteiger partial charge in [-0.3, -0.25) is 14.4 Å². The number of Topliss-reactive ketones (excluding diaryl/α,β-unsaturated/α-hetero) is 1. The third-order valence-electron chi connectivity index (χ3n) is 4.92. The van der Waals surface area contributed by atoms with E-state index in [1.165, 1.54) is 31.2 Å². The summed E-state index contributed by atoms with van der Waals surface area (Å²) < 4.78 is 5.98. The maximum atomic E-state index is 12.7. The van der Waals surface area contributed by atoms with E-state index in [-0.39, 0.29) is 11.3 Å². The van der Waals surface area contributed by atoms with Crippen LogP contribution in [-0.2, 0) is 4.74 Å². The zero-order chi connectivity index (χ0) is 22.1. The maximum Gasteiger partial charge on any atom is 0.338 e. The normalized spacial score (nSPS) is 13.7. The molecule has 31 heavy (non-hydrogen) atoms. The Labute approximate surface area is 186 Å². The quantitative estimate of drug-likeness (QED) is 0.302. The number of hydrogen-bond donors (Lipinski definition) is 0. The zero-order valence-corrected chi connectivity index (χ0v) is 18.0. The van der Waals surface area contributed by atoms with Crippen LogP contribution in [0.25, 0.3) is 0 Å². The molecule has 0 saturated heterocycles. The molecule has 154 valence electrons. The Bertz CT molecular complexity index is 1200. The van der Waals surface area contributed by atoms with Gasteiger partial charge in [-0.15, -0.1) is 0 Å². The van der Waals surface area contributed by atoms with Gasteiger partial charge in [0.2, 0.25) is 5.78 Å². The Hall–Kier alpha value is -3.58. The van der Waals surface area contributed by atoms with Gasteiger partial charge in [0.15, 0.2) is 6.10 Å². The SMILES string of the molecule is CC(OC(=O)c1ccc(N2C(=O)c3ccc(Br)cc3C2=O)cc1)C(=O)c1ccccc1. The second-order valence-electron chi connectivity index (χ2n) is 6.96. The van der Waals surface area contributed by atoms with E-state index in [0.717, 1.165) is 4.90 Å². The van der Waals surface area contributed by atoms with Gasteiger partial charge in [0.1, 0.15) is 0 Å². The molecule has 0 N–H and O–H groups in total. The highest BCUT2D eigenvalue weighted by atomic mass is 79.9. The predicted molar refractivity (Wildman–Crippen MR) is 117 cm³/mol. The molecular formula is C24H16BrNO5. The monoisotopic (exact) mass is 477 g/mol. The predicted octanol–water partition coefficient (Wildman–Crippen LogP) is 4.68. The summed E-state index contributed by atoms with van der Waals surface area (Å²) in [5.74, 6) is -1.83. The summed E-state index contributed by atoms with van der Waals surface area (Å²) in [6.45, 7) is 1.51. The fourth-order valence-electron chi connectivity index (χ4n) is 3.31. The molecule has 0 fully saturated rings. The third kappa shape index (κ3) is 3.92. The van der Waals surface area contributed by atoms with Gasteiger partial charge in [0.05, 0.1) is 22.4 Å². The van der Waals surface area contributed by atoms with Gasteiger partial charge in [-0.05, 0) is 49.4 Å². The number of esters is 1. The van der Waals surface area contributed by atoms with Crippen LogP contribution in [0.5, 0.6) is 0 Å². The molecule has 0 bridgehead atoms. The number of carbonyl (C=O) groups excluding carboxylic acids is 4. The molecule has 1 atom stereocenters. The van der Waals surface area contributed by atoms with Crippen molar-refractivity contribution in [2.45, 2.75) is 13.0 Å². The van der Waals surface area contributed by atoms with E-state index in [4.69, 9.17) is 4.74 Å². The molecule has 3 aromatic rings. The number of carbonyl (C=O) groups is 4. The minimum Gasteiger partial charge on any atom is -0.451 e. The van der Waals surface area contributed by atoms with Crippen LogP contribution in [0.1, 0.15) is 48.4 Å². The summed E-state index contributed by atoms with van der Waals surface area (Å²) in [4.78, 5) is 51.2. The van der Waals surface area contributed by atoms with Gasteiger partial charge >= 0.3 is 5.97 Å². The molecule has 0 aliphatic carbocycles. The summed E-state index contributed by atoms with van der Waals surface area (Å²) in [6.07, 6.45) is -0.954. The number of rotatable bonds is 5. The average Bonchev–Trinajstić information content (AvgIpc) is 3.03. The smallest absolute Gasteiger partial charge is 0.338 e. The Morgan fingerprint density at radius 3 is 2.16 bits per heavy atom. The lowest BCUT2D eigenvalue weighted by molar-refractivity contribution is 0.0319. The number of anilines is 1. The summed E-state index contributed by atoms with van der Waals surface area (Å²) in [6, 6.07) is 19.4. The number of amides is 2. The van der Waals surface area contributed by atoms with Crippen molar-refractivity contribution >= 4 is 45.2 Å². The average molecular weight is 478 g/mol. The van der Waals surface area contributed by atoms with Crippen molar-refractivity contribution in [2.75, 3.05) is 4.90 Å². The van der Waals surface area contributed by atoms with Crippen LogP contribution >= 0.6 is 15.9 Å². The molecule has 3 aromatic carbocycles. The topological polar surface area (TPSA) is 80.8 Å². The number of benzene rings is 3. The summed E-state index contributed by atoms with van der Waals surface area (Å²) in [5.41, 5.74) is 1.64. The molecule has 0 aromatic heterocycles. The van der Waals surface area contributed by atoms with Crippen molar-refractivity contribution in [3.8, 4) is 0 Å². The van der Waals surface area contributed by atoms with Crippen molar-refractivity contribution in [3.63, 3.8) is 0 Å². The fourth-order valence-corrected chi connectivity index (χ4v) is 3.67. The second kappa shape index (κ2) is 8.28. The van der Waals surface area contributed by atoms with Crippen molar-refractivity contribution in [2.24, 2.45) is 0 Å². The molecular weight excluding hydrogens is 462 g/mol. The van der Waals surface area contributed by atoms with Crippen molar-refractivity contribution in [1.82, 2.24) is 0 Å². The molecule has 4 rings (SSSR count). The number of nitrogens with zero attached hydrogens (tertiary/aromatic N) is 1. The van der Waals surface area contributed by atoms with Gasteiger partial charge in [-0.1, -0.05) is 46.3 Å². The highest BCUT2D eigenvalue weighted by molar-refractivity contribution is 9.10. The molecule has 6 nitrogen and oxygen atoms in total. The van der Waals surface area contributed by atoms with Crippen LogP contribution in [0.15, 0.2) is 77.3 Å². The third-order valence-corrected chi connectivity index (χ3v) is 5.41. The van der Waals surface area contributed by atoms with E-state index in [0.29, 0.717) is 26.9 Å². The Morgan fingerprint density at radius 1 is 0.839 bits per heavy atom. The highest BCUT2D eigenvalue weighted by Gasteiger charge is 2.36. The number of imide groups is 1. The van der Waals surface area contributed by atoms with Crippen molar-refractivity contribution < 1.29 is 23.9 Å². The molecule has 0 radical (unpaired) electrons. The van der Waals surface area contributed by atoms with Crippen LogP contribution in [0, 0.1) is 0 Å². The standard InChI is InChI=1S/C24H16BrNO5/c1-14(21(27)15-5-3-2-4-6-15)31-24(30)16-7-10-18(11-8-16)26-22(28)19-12-9-17(25)13-20(19)23(26)29/h2-14H,1H3. The Balaban J connectivity index is 1.48. The van der Waals surface area contributed by atoms with Crippen LogP contribution in [0.2, 0.25) is 0 Å². The van der Waals surface area contributed by atoms with E-state index >= 15 is 0 Å². The Kier molecular flexibility index (Phi) is 5.52. The van der Waals surface area contributed by atoms with E-state index in [1.807, 2.05) is 0 Å². The van der Waals surface area contributed by atoms with Gasteiger partial charge < -0.3 is 4.74 Å². The number of halogens is 1. The molecule has 1 unspecified atom stereocenters. The van der Waals surface area contributed by atoms with Crippen LogP contribution in [0.3, 0.4) is 0 Å². The minimum atomic E-state index is -0.954. The minimum absolute atomic E-state index is 0.204. The fraction of sp³-hybridized carbons (Fsp3) is 0.0833. The summed E-state index contributed by atoms with van der Waals surface area (Å²) >= 11 is 3.30. The lowest BCUT2D eigenvalue weighted by atomic mass is 10.1. The Morgan fingerprint density at radius 2 is 1.48 bits per heavy atom. The largest absolute Gasteiger partial charge is 0.451 e. The number of ether oxygens (including phenoxy) is 1. The molecule has 2 amide bonds. The van der Waals surface area contributed by atoms with E-state index in [2.05, 4.69) is 15.9 Å². The number of hydrogen-bond acceptors (Lipinski definition) is 5. The number of fused-ring (bicyclic) bond motifs is 1. The molecule has 7 heteroatoms. The number of ketones is 1. The van der Waals surface area contributed by atoms with E-state index < -0.39 is 23.9 Å². The molecule has 1 aliphatic rings. The lowest BCUT2D eigenvalue weighted by Gasteiger charge is -2.15. The maximum absolute atomic E-state index is 12.7. The molecule has 0 saturated carbocycles. The molecule has 1 heterocycles. The lowest BCUT2D eigenvalue weighted by Crippen LogP contribution is -2.29. The van der Waals surface area contributed by atoms with Gasteiger partial charge in [0.25, 0.3) is 11.8 Å². The summed E-state index contributed by atoms with van der Waals surface area (Å²) in [7, 11) is 0. The molecule has 0 spiro atoms. The first-order chi connectivity index (χ1) is 14.9. The zero-order valence-electron chi connectivity index (χ0n) is 16.4. The first kappa shape index (κ1) is 20.7. The second-order valence-corrected chi connectivity index (χ2v) is 7.88. The van der Waals surface area contributed by atoms with Crippen LogP contribution in [0.4, 0.5) is 5.69 Å². The van der Waals surface area contributed by atoms with Gasteiger partial charge in [0, 0.05) is 10.0 Å². The van der Waals surface area contributed by atoms with Crippen molar-refractivity contribution in [1.29, 1.82) is 0 Å². The van der Waals surface area contributed by atoms with E-state index in [9.17, 15) is 19.2 Å². The van der Waals surface area contributed by atoms with Crippen LogP contribution < -0.4 is 4.90 Å². The van der Waals surface area contributed by atoms with Gasteiger partial charge in [-0.25, -0.2) is 9.69 Å².